The van der Waals surface area contributed by atoms with Crippen molar-refractivity contribution in [3.63, 3.8) is 0 Å². The van der Waals surface area contributed by atoms with Gasteiger partial charge in [-0.25, -0.2) is 9.07 Å². The third-order valence-electron chi connectivity index (χ3n) is 6.11. The average Bonchev–Trinajstić information content (AvgIpc) is 3.30. The second kappa shape index (κ2) is 7.66. The highest BCUT2D eigenvalue weighted by Gasteiger charge is 2.31. The highest BCUT2D eigenvalue weighted by molar-refractivity contribution is 5.94. The number of rotatable bonds is 5. The van der Waals surface area contributed by atoms with Gasteiger partial charge < -0.3 is 5.32 Å². The van der Waals surface area contributed by atoms with E-state index in [2.05, 4.69) is 29.2 Å². The summed E-state index contributed by atoms with van der Waals surface area (Å²) in [5.41, 5.74) is 3.36. The van der Waals surface area contributed by atoms with E-state index >= 15 is 0 Å². The first kappa shape index (κ1) is 19.1. The van der Waals surface area contributed by atoms with Gasteiger partial charge in [-0.2, -0.15) is 5.10 Å². The van der Waals surface area contributed by atoms with E-state index in [0.717, 1.165) is 49.3 Å². The number of aromatic nitrogens is 2. The summed E-state index contributed by atoms with van der Waals surface area (Å²) in [6.45, 7) is 7.18. The van der Waals surface area contributed by atoms with Crippen LogP contribution in [0.15, 0.2) is 24.3 Å². The Morgan fingerprint density at radius 2 is 1.82 bits per heavy atom. The number of nitrogens with one attached hydrogen (secondary N) is 1. The summed E-state index contributed by atoms with van der Waals surface area (Å²) in [5.74, 6) is -0.380. The van der Waals surface area contributed by atoms with Gasteiger partial charge in [0.1, 0.15) is 5.82 Å². The number of likely N-dealkylation sites (tertiary alicyclic amines) is 1. The van der Waals surface area contributed by atoms with Crippen LogP contribution in [0, 0.1) is 5.82 Å². The van der Waals surface area contributed by atoms with Crippen molar-refractivity contribution in [1.82, 2.24) is 20.0 Å². The second-order valence-electron chi connectivity index (χ2n) is 8.56. The van der Waals surface area contributed by atoms with Gasteiger partial charge in [0.2, 0.25) is 0 Å². The molecule has 2 heterocycles. The van der Waals surface area contributed by atoms with E-state index in [1.807, 2.05) is 4.68 Å². The van der Waals surface area contributed by atoms with Crippen molar-refractivity contribution >= 4 is 5.91 Å². The predicted molar refractivity (Wildman–Crippen MR) is 107 cm³/mol. The van der Waals surface area contributed by atoms with Crippen LogP contribution in [-0.2, 0) is 12.8 Å². The molecule has 1 amide bonds. The monoisotopic (exact) mass is 384 g/mol. The largest absolute Gasteiger partial charge is 0.349 e. The lowest BCUT2D eigenvalue weighted by Gasteiger charge is -2.41. The van der Waals surface area contributed by atoms with E-state index in [4.69, 9.17) is 0 Å². The third kappa shape index (κ3) is 3.70. The number of piperidine rings is 1. The maximum atomic E-state index is 13.3. The Bertz CT molecular complexity index is 850. The van der Waals surface area contributed by atoms with Gasteiger partial charge in [0.05, 0.1) is 5.69 Å². The van der Waals surface area contributed by atoms with Crippen molar-refractivity contribution < 1.29 is 9.18 Å². The van der Waals surface area contributed by atoms with Crippen LogP contribution in [0.5, 0.6) is 0 Å². The topological polar surface area (TPSA) is 50.2 Å². The number of benzene rings is 1. The summed E-state index contributed by atoms with van der Waals surface area (Å²) in [5, 5.41) is 7.74. The summed E-state index contributed by atoms with van der Waals surface area (Å²) in [4.78, 5) is 15.4. The van der Waals surface area contributed by atoms with Crippen LogP contribution < -0.4 is 5.32 Å². The minimum absolute atomic E-state index is 0.0707. The fraction of sp³-hybridized carbons (Fsp3) is 0.545. The number of carbonyl (C=O) groups is 1. The van der Waals surface area contributed by atoms with E-state index < -0.39 is 0 Å². The Morgan fingerprint density at radius 3 is 2.54 bits per heavy atom. The quantitative estimate of drug-likeness (QED) is 0.858. The van der Waals surface area contributed by atoms with Gasteiger partial charge in [0.15, 0.2) is 5.69 Å². The molecule has 6 heteroatoms. The average molecular weight is 384 g/mol. The molecule has 1 saturated heterocycles. The van der Waals surface area contributed by atoms with E-state index in [-0.39, 0.29) is 17.3 Å². The SMILES string of the molecule is CC(C)(CNC(=O)c1nn(-c2ccc(F)cc2)c2c1CCC2)N1CCCCC1. The molecule has 0 bridgehead atoms. The summed E-state index contributed by atoms with van der Waals surface area (Å²) in [6, 6.07) is 6.28. The fourth-order valence-electron chi connectivity index (χ4n) is 4.41. The van der Waals surface area contributed by atoms with Crippen molar-refractivity contribution in [2.45, 2.75) is 57.9 Å². The van der Waals surface area contributed by atoms with Crippen LogP contribution in [0.4, 0.5) is 4.39 Å². The number of fused-ring (bicyclic) bond motifs is 1. The molecule has 1 aliphatic carbocycles. The van der Waals surface area contributed by atoms with Gasteiger partial charge in [-0.15, -0.1) is 0 Å². The van der Waals surface area contributed by atoms with E-state index in [1.54, 1.807) is 12.1 Å². The number of hydrogen-bond donors (Lipinski definition) is 1. The number of amides is 1. The summed E-state index contributed by atoms with van der Waals surface area (Å²) >= 11 is 0. The van der Waals surface area contributed by atoms with Gasteiger partial charge in [-0.05, 0) is 83.3 Å². The van der Waals surface area contributed by atoms with Crippen LogP contribution in [0.3, 0.4) is 0 Å². The Balaban J connectivity index is 1.52. The Morgan fingerprint density at radius 1 is 1.11 bits per heavy atom. The highest BCUT2D eigenvalue weighted by atomic mass is 19.1. The molecular formula is C22H29FN4O. The molecule has 0 atom stereocenters. The first-order valence-corrected chi connectivity index (χ1v) is 10.4. The number of carbonyl (C=O) groups excluding carboxylic acids is 1. The van der Waals surface area contributed by atoms with Crippen molar-refractivity contribution in [2.75, 3.05) is 19.6 Å². The minimum Gasteiger partial charge on any atom is -0.349 e. The number of nitrogens with zero attached hydrogens (tertiary/aromatic N) is 3. The summed E-state index contributed by atoms with van der Waals surface area (Å²) in [6.07, 6.45) is 6.54. The molecule has 0 unspecified atom stereocenters. The maximum absolute atomic E-state index is 13.3. The number of hydrogen-bond acceptors (Lipinski definition) is 3. The third-order valence-corrected chi connectivity index (χ3v) is 6.11. The molecule has 2 aliphatic rings. The highest BCUT2D eigenvalue weighted by Crippen LogP contribution is 2.28. The summed E-state index contributed by atoms with van der Waals surface area (Å²) in [7, 11) is 0. The molecule has 1 N–H and O–H groups in total. The first-order valence-electron chi connectivity index (χ1n) is 10.4. The molecule has 28 heavy (non-hydrogen) atoms. The van der Waals surface area contributed by atoms with Crippen molar-refractivity contribution in [3.05, 3.63) is 47.0 Å². The van der Waals surface area contributed by atoms with Crippen LogP contribution in [0.25, 0.3) is 5.69 Å². The molecule has 1 aromatic carbocycles. The Kier molecular flexibility index (Phi) is 5.23. The molecule has 0 spiro atoms. The zero-order valence-corrected chi connectivity index (χ0v) is 16.8. The van der Waals surface area contributed by atoms with Crippen LogP contribution in [-0.4, -0.2) is 45.8 Å². The molecule has 0 radical (unpaired) electrons. The van der Waals surface area contributed by atoms with E-state index in [9.17, 15) is 9.18 Å². The van der Waals surface area contributed by atoms with E-state index in [1.165, 1.54) is 31.4 Å². The number of halogens is 1. The van der Waals surface area contributed by atoms with Gasteiger partial charge in [0.25, 0.3) is 5.91 Å². The fourth-order valence-corrected chi connectivity index (χ4v) is 4.41. The maximum Gasteiger partial charge on any atom is 0.272 e. The van der Waals surface area contributed by atoms with Crippen molar-refractivity contribution in [1.29, 1.82) is 0 Å². The lowest BCUT2D eigenvalue weighted by atomic mass is 9.98. The van der Waals surface area contributed by atoms with Gasteiger partial charge in [-0.1, -0.05) is 6.42 Å². The van der Waals surface area contributed by atoms with Crippen LogP contribution >= 0.6 is 0 Å². The van der Waals surface area contributed by atoms with E-state index in [0.29, 0.717) is 12.2 Å². The lowest BCUT2D eigenvalue weighted by Crippen LogP contribution is -2.53. The minimum atomic E-state index is -0.273. The molecule has 0 saturated carbocycles. The zero-order valence-electron chi connectivity index (χ0n) is 16.8. The van der Waals surface area contributed by atoms with Crippen LogP contribution in [0.1, 0.15) is 61.3 Å². The molecule has 5 nitrogen and oxygen atoms in total. The van der Waals surface area contributed by atoms with Gasteiger partial charge in [-0.3, -0.25) is 9.69 Å². The van der Waals surface area contributed by atoms with Gasteiger partial charge in [0, 0.05) is 23.3 Å². The van der Waals surface area contributed by atoms with Gasteiger partial charge >= 0.3 is 0 Å². The van der Waals surface area contributed by atoms with Crippen molar-refractivity contribution in [3.8, 4) is 5.69 Å². The Labute approximate surface area is 165 Å². The molecule has 150 valence electrons. The standard InChI is InChI=1S/C22H29FN4O/c1-22(2,26-13-4-3-5-14-26)15-24-21(28)20-18-7-6-8-19(18)27(25-20)17-11-9-16(23)10-12-17/h9-12H,3-8,13-15H2,1-2H3,(H,24,28). The molecular weight excluding hydrogens is 355 g/mol. The molecule has 1 aromatic heterocycles. The molecule has 1 fully saturated rings. The molecule has 4 rings (SSSR count). The normalized spacial score (nSPS) is 17.5. The first-order chi connectivity index (χ1) is 13.5. The van der Waals surface area contributed by atoms with Crippen molar-refractivity contribution in [2.24, 2.45) is 0 Å². The molecule has 1 aliphatic heterocycles. The Hall–Kier alpha value is -2.21. The predicted octanol–water partition coefficient (Wildman–Crippen LogP) is 3.49. The van der Waals surface area contributed by atoms with Crippen LogP contribution in [0.2, 0.25) is 0 Å². The lowest BCUT2D eigenvalue weighted by molar-refractivity contribution is 0.0793. The second-order valence-corrected chi connectivity index (χ2v) is 8.56. The summed E-state index contributed by atoms with van der Waals surface area (Å²) < 4.78 is 15.1. The zero-order chi connectivity index (χ0) is 19.7. The smallest absolute Gasteiger partial charge is 0.272 e. The molecule has 2 aromatic rings.